The van der Waals surface area contributed by atoms with Gasteiger partial charge < -0.3 is 10.1 Å². The maximum absolute atomic E-state index is 12.0. The molecule has 0 saturated carbocycles. The molecule has 1 saturated heterocycles. The zero-order valence-corrected chi connectivity index (χ0v) is 12.9. The van der Waals surface area contributed by atoms with E-state index < -0.39 is 24.0 Å². The van der Waals surface area contributed by atoms with E-state index in [2.05, 4.69) is 27.9 Å². The monoisotopic (exact) mass is 388 g/mol. The molecule has 7 heteroatoms. The Morgan fingerprint density at radius 2 is 2.20 bits per heavy atom. The molecule has 0 spiro atoms. The SMILES string of the molecule is CC(OC(=O)c1cccc(I)c1)C(=O)N1CCNC1=O. The molecule has 1 atom stereocenters. The summed E-state index contributed by atoms with van der Waals surface area (Å²) in [5, 5.41) is 2.52. The van der Waals surface area contributed by atoms with E-state index >= 15 is 0 Å². The number of benzene rings is 1. The van der Waals surface area contributed by atoms with E-state index in [0.29, 0.717) is 18.7 Å². The Bertz CT molecular complexity index is 561. The zero-order chi connectivity index (χ0) is 14.7. The van der Waals surface area contributed by atoms with Crippen molar-refractivity contribution in [3.8, 4) is 0 Å². The quantitative estimate of drug-likeness (QED) is 0.628. The summed E-state index contributed by atoms with van der Waals surface area (Å²) < 4.78 is 6.00. The highest BCUT2D eigenvalue weighted by atomic mass is 127. The Morgan fingerprint density at radius 1 is 1.45 bits per heavy atom. The largest absolute Gasteiger partial charge is 0.449 e. The maximum atomic E-state index is 12.0. The number of hydrogen-bond acceptors (Lipinski definition) is 4. The van der Waals surface area contributed by atoms with E-state index in [4.69, 9.17) is 4.74 Å². The summed E-state index contributed by atoms with van der Waals surface area (Å²) in [5.41, 5.74) is 0.377. The number of ether oxygens (including phenoxy) is 1. The molecule has 3 amide bonds. The average molecular weight is 388 g/mol. The molecule has 1 heterocycles. The van der Waals surface area contributed by atoms with Crippen molar-refractivity contribution in [3.63, 3.8) is 0 Å². The van der Waals surface area contributed by atoms with Crippen molar-refractivity contribution in [3.05, 3.63) is 33.4 Å². The lowest BCUT2D eigenvalue weighted by Gasteiger charge is -2.18. The Morgan fingerprint density at radius 3 is 2.80 bits per heavy atom. The summed E-state index contributed by atoms with van der Waals surface area (Å²) >= 11 is 2.08. The lowest BCUT2D eigenvalue weighted by molar-refractivity contribution is -0.136. The Hall–Kier alpha value is -1.64. The van der Waals surface area contributed by atoms with Crippen LogP contribution in [0.5, 0.6) is 0 Å². The minimum absolute atomic E-state index is 0.294. The van der Waals surface area contributed by atoms with Crippen LogP contribution in [0.2, 0.25) is 0 Å². The van der Waals surface area contributed by atoms with Gasteiger partial charge in [-0.05, 0) is 47.7 Å². The van der Waals surface area contributed by atoms with E-state index in [9.17, 15) is 14.4 Å². The third kappa shape index (κ3) is 3.27. The highest BCUT2D eigenvalue weighted by Crippen LogP contribution is 2.11. The molecule has 0 aliphatic carbocycles. The smallest absolute Gasteiger partial charge is 0.338 e. The summed E-state index contributed by atoms with van der Waals surface area (Å²) in [4.78, 5) is 36.3. The molecular weight excluding hydrogens is 375 g/mol. The molecule has 1 aliphatic rings. The minimum Gasteiger partial charge on any atom is -0.449 e. The van der Waals surface area contributed by atoms with Crippen LogP contribution < -0.4 is 5.32 Å². The van der Waals surface area contributed by atoms with Crippen LogP contribution in [-0.2, 0) is 9.53 Å². The van der Waals surface area contributed by atoms with Crippen LogP contribution in [0, 0.1) is 3.57 Å². The summed E-state index contributed by atoms with van der Waals surface area (Å²) in [6, 6.07) is 6.42. The number of esters is 1. The summed E-state index contributed by atoms with van der Waals surface area (Å²) in [5.74, 6) is -1.09. The van der Waals surface area contributed by atoms with E-state index in [1.807, 2.05) is 6.07 Å². The van der Waals surface area contributed by atoms with Gasteiger partial charge in [0.15, 0.2) is 6.10 Å². The van der Waals surface area contributed by atoms with Gasteiger partial charge in [-0.1, -0.05) is 6.07 Å². The summed E-state index contributed by atoms with van der Waals surface area (Å²) in [6.45, 7) is 2.17. The van der Waals surface area contributed by atoms with Crippen LogP contribution in [0.4, 0.5) is 4.79 Å². The molecule has 1 N–H and O–H groups in total. The number of carbonyl (C=O) groups excluding carboxylic acids is 3. The number of imide groups is 1. The van der Waals surface area contributed by atoms with E-state index in [1.54, 1.807) is 18.2 Å². The van der Waals surface area contributed by atoms with Crippen molar-refractivity contribution >= 4 is 40.5 Å². The molecule has 6 nitrogen and oxygen atoms in total. The Balaban J connectivity index is 2.00. The number of rotatable bonds is 3. The molecule has 106 valence electrons. The van der Waals surface area contributed by atoms with Crippen LogP contribution in [0.3, 0.4) is 0 Å². The van der Waals surface area contributed by atoms with Crippen LogP contribution in [-0.4, -0.2) is 42.0 Å². The second kappa shape index (κ2) is 6.21. The second-order valence-electron chi connectivity index (χ2n) is 4.28. The van der Waals surface area contributed by atoms with Gasteiger partial charge in [0, 0.05) is 16.7 Å². The normalized spacial score (nSPS) is 15.7. The molecule has 1 aromatic rings. The zero-order valence-electron chi connectivity index (χ0n) is 10.8. The Kier molecular flexibility index (Phi) is 4.58. The van der Waals surface area contributed by atoms with Gasteiger partial charge in [-0.25, -0.2) is 9.59 Å². The predicted molar refractivity (Wildman–Crippen MR) is 79.1 cm³/mol. The average Bonchev–Trinajstić information content (AvgIpc) is 2.84. The first kappa shape index (κ1) is 14.8. The minimum atomic E-state index is -0.996. The first-order valence-electron chi connectivity index (χ1n) is 6.05. The molecular formula is C13H13IN2O4. The molecule has 1 aromatic carbocycles. The van der Waals surface area contributed by atoms with Crippen molar-refractivity contribution in [1.29, 1.82) is 0 Å². The standard InChI is InChI=1S/C13H13IN2O4/c1-8(11(17)16-6-5-15-13(16)19)20-12(18)9-3-2-4-10(14)7-9/h2-4,7-8H,5-6H2,1H3,(H,15,19). The third-order valence-corrected chi connectivity index (χ3v) is 3.49. The molecule has 1 fully saturated rings. The van der Waals surface area contributed by atoms with E-state index in [0.717, 1.165) is 8.47 Å². The molecule has 20 heavy (non-hydrogen) atoms. The van der Waals surface area contributed by atoms with Gasteiger partial charge >= 0.3 is 12.0 Å². The Labute approximate surface area is 129 Å². The first-order chi connectivity index (χ1) is 9.49. The van der Waals surface area contributed by atoms with Crippen LogP contribution in [0.25, 0.3) is 0 Å². The highest BCUT2D eigenvalue weighted by Gasteiger charge is 2.31. The van der Waals surface area contributed by atoms with Gasteiger partial charge in [0.2, 0.25) is 0 Å². The topological polar surface area (TPSA) is 75.7 Å². The van der Waals surface area contributed by atoms with Crippen LogP contribution >= 0.6 is 22.6 Å². The number of nitrogens with one attached hydrogen (secondary N) is 1. The molecule has 0 bridgehead atoms. The number of hydrogen-bond donors (Lipinski definition) is 1. The number of carbonyl (C=O) groups is 3. The predicted octanol–water partition coefficient (Wildman–Crippen LogP) is 1.39. The van der Waals surface area contributed by atoms with Crippen LogP contribution in [0.15, 0.2) is 24.3 Å². The van der Waals surface area contributed by atoms with Gasteiger partial charge in [-0.2, -0.15) is 0 Å². The van der Waals surface area contributed by atoms with Gasteiger partial charge in [0.1, 0.15) is 0 Å². The number of halogens is 1. The van der Waals surface area contributed by atoms with Crippen molar-refractivity contribution < 1.29 is 19.1 Å². The van der Waals surface area contributed by atoms with Crippen molar-refractivity contribution in [1.82, 2.24) is 10.2 Å². The molecule has 0 radical (unpaired) electrons. The lowest BCUT2D eigenvalue weighted by Crippen LogP contribution is -2.41. The molecule has 1 unspecified atom stereocenters. The van der Waals surface area contributed by atoms with E-state index in [-0.39, 0.29) is 0 Å². The summed E-state index contributed by atoms with van der Waals surface area (Å²) in [6.07, 6.45) is -0.996. The third-order valence-electron chi connectivity index (χ3n) is 2.81. The molecule has 0 aromatic heterocycles. The van der Waals surface area contributed by atoms with Crippen molar-refractivity contribution in [2.45, 2.75) is 13.0 Å². The van der Waals surface area contributed by atoms with Gasteiger partial charge in [-0.3, -0.25) is 9.69 Å². The second-order valence-corrected chi connectivity index (χ2v) is 5.53. The van der Waals surface area contributed by atoms with Crippen LogP contribution in [0.1, 0.15) is 17.3 Å². The van der Waals surface area contributed by atoms with E-state index in [1.165, 1.54) is 6.92 Å². The van der Waals surface area contributed by atoms with Gasteiger partial charge in [0.25, 0.3) is 5.91 Å². The number of nitrogens with zero attached hydrogens (tertiary/aromatic N) is 1. The number of amides is 3. The van der Waals surface area contributed by atoms with Gasteiger partial charge in [0.05, 0.1) is 5.56 Å². The fraction of sp³-hybridized carbons (Fsp3) is 0.308. The molecule has 1 aliphatic heterocycles. The van der Waals surface area contributed by atoms with Gasteiger partial charge in [-0.15, -0.1) is 0 Å². The first-order valence-corrected chi connectivity index (χ1v) is 7.12. The lowest BCUT2D eigenvalue weighted by atomic mass is 10.2. The maximum Gasteiger partial charge on any atom is 0.338 e. The fourth-order valence-electron chi connectivity index (χ4n) is 1.80. The molecule has 2 rings (SSSR count). The van der Waals surface area contributed by atoms with Crippen molar-refractivity contribution in [2.24, 2.45) is 0 Å². The number of urea groups is 1. The summed E-state index contributed by atoms with van der Waals surface area (Å²) in [7, 11) is 0. The van der Waals surface area contributed by atoms with Crippen molar-refractivity contribution in [2.75, 3.05) is 13.1 Å². The highest BCUT2D eigenvalue weighted by molar-refractivity contribution is 14.1. The fourth-order valence-corrected chi connectivity index (χ4v) is 2.34.